The highest BCUT2D eigenvalue weighted by Crippen LogP contribution is 2.15. The molecular formula is C14H17N2O2S2+. The van der Waals surface area contributed by atoms with Crippen molar-refractivity contribution in [3.8, 4) is 0 Å². The first-order valence-electron chi connectivity index (χ1n) is 6.24. The van der Waals surface area contributed by atoms with Gasteiger partial charge in [0, 0.05) is 0 Å². The van der Waals surface area contributed by atoms with Crippen LogP contribution >= 0.6 is 11.3 Å². The zero-order valence-corrected chi connectivity index (χ0v) is 13.0. The van der Waals surface area contributed by atoms with Crippen LogP contribution in [0, 0.1) is 0 Å². The number of nitrogens with one attached hydrogen (secondary N) is 2. The number of hydrogen-bond acceptors (Lipinski definition) is 3. The molecule has 0 aliphatic carbocycles. The minimum Gasteiger partial charge on any atom is -0.271 e. The first-order valence-corrected chi connectivity index (χ1v) is 8.60. The van der Waals surface area contributed by atoms with Gasteiger partial charge in [-0.3, -0.25) is 4.99 Å². The van der Waals surface area contributed by atoms with Gasteiger partial charge in [-0.2, -0.15) is 13.1 Å². The Morgan fingerprint density at radius 2 is 1.85 bits per heavy atom. The van der Waals surface area contributed by atoms with Gasteiger partial charge in [0.2, 0.25) is 0 Å². The van der Waals surface area contributed by atoms with Crippen molar-refractivity contribution < 1.29 is 13.4 Å². The van der Waals surface area contributed by atoms with E-state index in [1.807, 2.05) is 44.2 Å². The molecule has 0 amide bonds. The van der Waals surface area contributed by atoms with Crippen LogP contribution in [0.15, 0.2) is 52.1 Å². The molecule has 0 saturated heterocycles. The Labute approximate surface area is 123 Å². The van der Waals surface area contributed by atoms with E-state index in [2.05, 4.69) is 9.71 Å². The van der Waals surface area contributed by atoms with Gasteiger partial charge in [-0.15, -0.1) is 11.3 Å². The summed E-state index contributed by atoms with van der Waals surface area (Å²) in [5, 5.41) is 1.74. The Balaban J connectivity index is 2.36. The predicted molar refractivity (Wildman–Crippen MR) is 81.3 cm³/mol. The standard InChI is InChI=1S/C14H16N2O2S2/c1-11(2)15-14(12-7-4-3-5-8-12)16-20(17,18)13-9-6-10-19-13/h3-11H,1-2H3,(H,15,16)/p+1. The van der Waals surface area contributed by atoms with Crippen LogP contribution in [-0.4, -0.2) is 20.3 Å². The molecule has 0 radical (unpaired) electrons. The molecule has 0 aliphatic heterocycles. The number of hydrogen-bond donors (Lipinski definition) is 2. The molecule has 1 heterocycles. The molecule has 1 aromatic carbocycles. The minimum absolute atomic E-state index is 0.122. The monoisotopic (exact) mass is 309 g/mol. The van der Waals surface area contributed by atoms with Crippen LogP contribution < -0.4 is 9.71 Å². The molecule has 0 bridgehead atoms. The zero-order valence-electron chi connectivity index (χ0n) is 11.3. The number of rotatable bonds is 4. The smallest absolute Gasteiger partial charge is 0.271 e. The summed E-state index contributed by atoms with van der Waals surface area (Å²) in [6.45, 7) is 3.92. The van der Waals surface area contributed by atoms with Gasteiger partial charge < -0.3 is 0 Å². The van der Waals surface area contributed by atoms with E-state index in [1.54, 1.807) is 17.5 Å². The molecule has 106 valence electrons. The van der Waals surface area contributed by atoms with Crippen LogP contribution in [0.1, 0.15) is 19.4 Å². The van der Waals surface area contributed by atoms with E-state index < -0.39 is 10.0 Å². The number of sulfonamides is 1. The highest BCUT2D eigenvalue weighted by molar-refractivity contribution is 7.92. The van der Waals surface area contributed by atoms with Gasteiger partial charge in [-0.1, -0.05) is 18.2 Å². The molecule has 1 aromatic heterocycles. The van der Waals surface area contributed by atoms with E-state index in [9.17, 15) is 8.42 Å². The van der Waals surface area contributed by atoms with Crippen molar-refractivity contribution in [1.82, 2.24) is 4.72 Å². The molecule has 20 heavy (non-hydrogen) atoms. The Bertz CT molecular complexity index is 675. The Hall–Kier alpha value is -1.66. The van der Waals surface area contributed by atoms with Crippen LogP contribution in [0.3, 0.4) is 0 Å². The largest absolute Gasteiger partial charge is 0.338 e. The fourth-order valence-electron chi connectivity index (χ4n) is 1.67. The van der Waals surface area contributed by atoms with E-state index in [-0.39, 0.29) is 6.04 Å². The van der Waals surface area contributed by atoms with Crippen molar-refractivity contribution in [1.29, 1.82) is 0 Å². The fraction of sp³-hybridized carbons (Fsp3) is 0.214. The summed E-state index contributed by atoms with van der Waals surface area (Å²) in [6.07, 6.45) is 0. The van der Waals surface area contributed by atoms with Gasteiger partial charge in [0.25, 0.3) is 5.84 Å². The lowest BCUT2D eigenvalue weighted by Gasteiger charge is -2.05. The molecule has 2 rings (SSSR count). The van der Waals surface area contributed by atoms with E-state index in [0.29, 0.717) is 10.0 Å². The molecule has 0 spiro atoms. The lowest BCUT2D eigenvalue weighted by Crippen LogP contribution is -2.80. The average molecular weight is 309 g/mol. The molecule has 0 unspecified atom stereocenters. The van der Waals surface area contributed by atoms with Gasteiger partial charge in [0.15, 0.2) is 4.21 Å². The van der Waals surface area contributed by atoms with Crippen molar-refractivity contribution in [3.05, 3.63) is 53.4 Å². The van der Waals surface area contributed by atoms with E-state index in [1.165, 1.54) is 11.3 Å². The summed E-state index contributed by atoms with van der Waals surface area (Å²) < 4.78 is 27.5. The Morgan fingerprint density at radius 3 is 2.40 bits per heavy atom. The Kier molecular flexibility index (Phi) is 4.57. The highest BCUT2D eigenvalue weighted by atomic mass is 32.2. The molecular weight excluding hydrogens is 292 g/mol. The van der Waals surface area contributed by atoms with Crippen LogP contribution in [0.25, 0.3) is 0 Å². The van der Waals surface area contributed by atoms with Crippen molar-refractivity contribution in [3.63, 3.8) is 0 Å². The summed E-state index contributed by atoms with van der Waals surface area (Å²) in [7, 11) is -3.54. The molecule has 2 N–H and O–H groups in total. The first-order chi connectivity index (χ1) is 9.49. The maximum atomic E-state index is 12.3. The molecule has 0 atom stereocenters. The average Bonchev–Trinajstić information content (AvgIpc) is 2.93. The van der Waals surface area contributed by atoms with Crippen molar-refractivity contribution in [2.45, 2.75) is 24.1 Å². The summed E-state index contributed by atoms with van der Waals surface area (Å²) in [6, 6.07) is 12.8. The fourth-order valence-corrected chi connectivity index (χ4v) is 3.72. The Morgan fingerprint density at radius 1 is 1.15 bits per heavy atom. The quantitative estimate of drug-likeness (QED) is 0.653. The first kappa shape index (κ1) is 14.7. The van der Waals surface area contributed by atoms with Crippen LogP contribution in [0.4, 0.5) is 0 Å². The van der Waals surface area contributed by atoms with Crippen molar-refractivity contribution >= 4 is 27.2 Å². The second kappa shape index (κ2) is 6.19. The predicted octanol–water partition coefficient (Wildman–Crippen LogP) is 0.962. The second-order valence-corrected chi connectivity index (χ2v) is 7.43. The molecule has 6 heteroatoms. The van der Waals surface area contributed by atoms with Crippen molar-refractivity contribution in [2.24, 2.45) is 0 Å². The van der Waals surface area contributed by atoms with E-state index in [4.69, 9.17) is 0 Å². The van der Waals surface area contributed by atoms with E-state index >= 15 is 0 Å². The maximum absolute atomic E-state index is 12.3. The number of thiophene rings is 1. The van der Waals surface area contributed by atoms with Gasteiger partial charge >= 0.3 is 10.0 Å². The van der Waals surface area contributed by atoms with Gasteiger partial charge in [-0.05, 0) is 43.5 Å². The van der Waals surface area contributed by atoms with Gasteiger partial charge in [-0.25, -0.2) is 0 Å². The lowest BCUT2D eigenvalue weighted by molar-refractivity contribution is -0.494. The lowest BCUT2D eigenvalue weighted by atomic mass is 10.2. The second-order valence-electron chi connectivity index (χ2n) is 4.58. The SMILES string of the molecule is CC(C)[NH+]=C(NS(=O)(=O)c1cccs1)c1ccccc1. The van der Waals surface area contributed by atoms with Crippen molar-refractivity contribution in [2.75, 3.05) is 0 Å². The summed E-state index contributed by atoms with van der Waals surface area (Å²) >= 11 is 1.19. The summed E-state index contributed by atoms with van der Waals surface area (Å²) in [5.74, 6) is 0.494. The maximum Gasteiger partial charge on any atom is 0.338 e. The third-order valence-corrected chi connectivity index (χ3v) is 5.24. The van der Waals surface area contributed by atoms with Crippen LogP contribution in [-0.2, 0) is 10.0 Å². The van der Waals surface area contributed by atoms with Crippen LogP contribution in [0.2, 0.25) is 0 Å². The third-order valence-electron chi connectivity index (χ3n) is 2.49. The molecule has 0 aliphatic rings. The topological polar surface area (TPSA) is 60.1 Å². The molecule has 4 nitrogen and oxygen atoms in total. The van der Waals surface area contributed by atoms with Gasteiger partial charge in [0.05, 0.1) is 11.6 Å². The molecule has 0 saturated carbocycles. The summed E-state index contributed by atoms with van der Waals surface area (Å²) in [5.41, 5.74) is 0.807. The summed E-state index contributed by atoms with van der Waals surface area (Å²) in [4.78, 5) is 3.15. The minimum atomic E-state index is -3.54. The molecule has 2 aromatic rings. The van der Waals surface area contributed by atoms with Gasteiger partial charge in [0.1, 0.15) is 0 Å². The zero-order chi connectivity index (χ0) is 14.6. The molecule has 0 fully saturated rings. The number of amidine groups is 1. The number of benzene rings is 1. The van der Waals surface area contributed by atoms with Crippen LogP contribution in [0.5, 0.6) is 0 Å². The normalized spacial score (nSPS) is 12.7. The highest BCUT2D eigenvalue weighted by Gasteiger charge is 2.24. The van der Waals surface area contributed by atoms with E-state index in [0.717, 1.165) is 5.56 Å². The third kappa shape index (κ3) is 3.68.